The molecule has 8 bridgehead atoms. The van der Waals surface area contributed by atoms with Gasteiger partial charge in [-0.3, -0.25) is 0 Å². The Hall–Kier alpha value is -2.31. The number of esters is 3. The highest BCUT2D eigenvalue weighted by atomic mass is 16.6. The fourth-order valence-electron chi connectivity index (χ4n) is 9.31. The molecule has 0 aromatic rings. The van der Waals surface area contributed by atoms with Crippen LogP contribution in [0.25, 0.3) is 0 Å². The van der Waals surface area contributed by atoms with E-state index in [-0.39, 0.29) is 32.0 Å². The van der Waals surface area contributed by atoms with Crippen molar-refractivity contribution >= 4 is 17.9 Å². The SMILES string of the molecule is C[C@]12[C@H]3C[C@H]4O[C@@H]5[C@H](C[C@]41O)[C@@](C)(O)CC[C@@]52COC(=O)C=C1CCOC2(CCC=CC(=O)O3)[C@H](O)C(=O)O[C@H]12. The zero-order chi connectivity index (χ0) is 28.3. The molecule has 1 unspecified atom stereocenters. The molecule has 0 radical (unpaired) electrons. The van der Waals surface area contributed by atoms with E-state index in [4.69, 9.17) is 23.7 Å². The third kappa shape index (κ3) is 3.15. The number of ether oxygens (including phenoxy) is 5. The minimum atomic E-state index is -1.54. The largest absolute Gasteiger partial charge is 0.462 e. The predicted molar refractivity (Wildman–Crippen MR) is 133 cm³/mol. The number of rotatable bonds is 0. The molecule has 8 aliphatic rings. The molecule has 40 heavy (non-hydrogen) atoms. The summed E-state index contributed by atoms with van der Waals surface area (Å²) < 4.78 is 29.8. The van der Waals surface area contributed by atoms with Crippen molar-refractivity contribution in [2.45, 2.75) is 106 Å². The Morgan fingerprint density at radius 2 is 1.80 bits per heavy atom. The first-order chi connectivity index (χ1) is 18.9. The van der Waals surface area contributed by atoms with E-state index in [9.17, 15) is 29.7 Å². The van der Waals surface area contributed by atoms with Crippen molar-refractivity contribution in [1.29, 1.82) is 0 Å². The number of hydrogen-bond acceptors (Lipinski definition) is 11. The maximum Gasteiger partial charge on any atom is 0.338 e. The van der Waals surface area contributed by atoms with Gasteiger partial charge in [0, 0.05) is 35.3 Å². The molecule has 11 heteroatoms. The first-order valence-corrected chi connectivity index (χ1v) is 14.3. The highest BCUT2D eigenvalue weighted by Crippen LogP contribution is 2.74. The van der Waals surface area contributed by atoms with Gasteiger partial charge in [-0.05, 0) is 51.0 Å². The summed E-state index contributed by atoms with van der Waals surface area (Å²) in [4.78, 5) is 38.8. The van der Waals surface area contributed by atoms with Crippen LogP contribution in [-0.4, -0.2) is 93.8 Å². The minimum Gasteiger partial charge on any atom is -0.462 e. The maximum absolute atomic E-state index is 13.3. The molecule has 0 amide bonds. The molecule has 0 aromatic heterocycles. The summed E-state index contributed by atoms with van der Waals surface area (Å²) in [5, 5.41) is 34.2. The number of cyclic esters (lactones) is 1. The van der Waals surface area contributed by atoms with Crippen molar-refractivity contribution in [2.75, 3.05) is 13.2 Å². The zero-order valence-electron chi connectivity index (χ0n) is 22.7. The summed E-state index contributed by atoms with van der Waals surface area (Å²) in [6, 6.07) is 0. The molecule has 3 saturated carbocycles. The standard InChI is InChI=1S/C29H36O11/c1-25(34)8-9-27-14-36-20(31)11-15-6-10-37-28(21(32)24(33)40-22(15)28)7-4-3-5-19(30)38-17-12-18-29(35,26(17,27)2)13-16(25)23(27)39-18/h3,5,11,16-18,21-23,32,34-35H,4,6-10,12-14H2,1-2H3/t16-,17+,18+,21+,22+,23+,25-,26+,27+,28?,29-/m0/s1. The average Bonchev–Trinajstić information content (AvgIpc) is 3.24. The molecule has 8 rings (SSSR count). The molecule has 11 atom stereocenters. The molecule has 1 spiro atoms. The van der Waals surface area contributed by atoms with Crippen LogP contribution < -0.4 is 0 Å². The Balaban J connectivity index is 1.30. The normalized spacial score (nSPS) is 53.3. The molecule has 3 aliphatic carbocycles. The second-order valence-electron chi connectivity index (χ2n) is 13.2. The van der Waals surface area contributed by atoms with Crippen molar-refractivity contribution in [2.24, 2.45) is 16.7 Å². The van der Waals surface area contributed by atoms with Gasteiger partial charge in [-0.15, -0.1) is 0 Å². The summed E-state index contributed by atoms with van der Waals surface area (Å²) in [5.41, 5.74) is -5.27. The fourth-order valence-corrected chi connectivity index (χ4v) is 9.31. The van der Waals surface area contributed by atoms with Crippen LogP contribution in [0.5, 0.6) is 0 Å². The zero-order valence-corrected chi connectivity index (χ0v) is 22.7. The van der Waals surface area contributed by atoms with Crippen LogP contribution in [0.2, 0.25) is 0 Å². The van der Waals surface area contributed by atoms with E-state index in [1.54, 1.807) is 13.0 Å². The van der Waals surface area contributed by atoms with Crippen molar-refractivity contribution in [3.05, 3.63) is 23.8 Å². The van der Waals surface area contributed by atoms with Crippen LogP contribution in [0.1, 0.15) is 58.8 Å². The quantitative estimate of drug-likeness (QED) is 0.282. The lowest BCUT2D eigenvalue weighted by Gasteiger charge is -2.71. The first-order valence-electron chi connectivity index (χ1n) is 14.3. The highest BCUT2D eigenvalue weighted by Gasteiger charge is 2.83. The van der Waals surface area contributed by atoms with Gasteiger partial charge in [-0.2, -0.15) is 0 Å². The van der Waals surface area contributed by atoms with Gasteiger partial charge >= 0.3 is 17.9 Å². The van der Waals surface area contributed by atoms with Crippen LogP contribution >= 0.6 is 0 Å². The van der Waals surface area contributed by atoms with Gasteiger partial charge in [-0.1, -0.05) is 13.0 Å². The minimum absolute atomic E-state index is 0.114. The van der Waals surface area contributed by atoms with E-state index < -0.39 is 76.1 Å². The number of allylic oxidation sites excluding steroid dienone is 1. The second-order valence-corrected chi connectivity index (χ2v) is 13.2. The molecular weight excluding hydrogens is 524 g/mol. The summed E-state index contributed by atoms with van der Waals surface area (Å²) in [7, 11) is 0. The summed E-state index contributed by atoms with van der Waals surface area (Å²) in [5.74, 6) is -2.46. The molecule has 3 N–H and O–H groups in total. The number of aliphatic hydroxyl groups excluding tert-OH is 1. The van der Waals surface area contributed by atoms with E-state index >= 15 is 0 Å². The van der Waals surface area contributed by atoms with Crippen molar-refractivity contribution in [3.63, 3.8) is 0 Å². The van der Waals surface area contributed by atoms with E-state index in [0.29, 0.717) is 37.7 Å². The lowest BCUT2D eigenvalue weighted by Crippen LogP contribution is -2.80. The van der Waals surface area contributed by atoms with Crippen molar-refractivity contribution < 1.29 is 53.4 Å². The van der Waals surface area contributed by atoms with Gasteiger partial charge in [0.25, 0.3) is 0 Å². The molecule has 218 valence electrons. The Kier molecular flexibility index (Phi) is 5.57. The van der Waals surface area contributed by atoms with Crippen LogP contribution in [0.3, 0.4) is 0 Å². The maximum atomic E-state index is 13.3. The number of hydrogen-bond donors (Lipinski definition) is 3. The van der Waals surface area contributed by atoms with Gasteiger partial charge in [0.15, 0.2) is 12.2 Å². The highest BCUT2D eigenvalue weighted by molar-refractivity contribution is 5.85. The molecule has 11 nitrogen and oxygen atoms in total. The Labute approximate surface area is 231 Å². The summed E-state index contributed by atoms with van der Waals surface area (Å²) >= 11 is 0. The second kappa shape index (κ2) is 8.38. The molecule has 0 aromatic carbocycles. The van der Waals surface area contributed by atoms with Crippen molar-refractivity contribution in [3.8, 4) is 0 Å². The third-order valence-electron chi connectivity index (χ3n) is 11.6. The van der Waals surface area contributed by atoms with Gasteiger partial charge in [0.2, 0.25) is 0 Å². The van der Waals surface area contributed by atoms with Crippen LogP contribution in [-0.2, 0) is 38.1 Å². The third-order valence-corrected chi connectivity index (χ3v) is 11.6. The van der Waals surface area contributed by atoms with Crippen LogP contribution in [0, 0.1) is 16.7 Å². The molecule has 5 heterocycles. The van der Waals surface area contributed by atoms with E-state index in [2.05, 4.69) is 0 Å². The summed E-state index contributed by atoms with van der Waals surface area (Å²) in [6.07, 6.45) is 2.09. The van der Waals surface area contributed by atoms with E-state index in [1.807, 2.05) is 6.92 Å². The monoisotopic (exact) mass is 560 g/mol. The number of aliphatic hydroxyl groups is 3. The molecule has 4 saturated heterocycles. The first kappa shape index (κ1) is 26.6. The average molecular weight is 561 g/mol. The predicted octanol–water partition coefficient (Wildman–Crippen LogP) is 0.623. The molecular formula is C29H36O11. The Morgan fingerprint density at radius 3 is 2.60 bits per heavy atom. The number of carbonyl (C=O) groups excluding carboxylic acids is 3. The van der Waals surface area contributed by atoms with Crippen molar-refractivity contribution in [1.82, 2.24) is 0 Å². The lowest BCUT2D eigenvalue weighted by atomic mass is 9.40. The topological polar surface area (TPSA) is 158 Å². The number of carbonyl (C=O) groups is 3. The molecule has 7 fully saturated rings. The lowest BCUT2D eigenvalue weighted by molar-refractivity contribution is -0.377. The van der Waals surface area contributed by atoms with Gasteiger partial charge < -0.3 is 39.0 Å². The summed E-state index contributed by atoms with van der Waals surface area (Å²) in [6.45, 7) is 3.71. The Morgan fingerprint density at radius 1 is 1.00 bits per heavy atom. The van der Waals surface area contributed by atoms with Gasteiger partial charge in [0.1, 0.15) is 23.9 Å². The van der Waals surface area contributed by atoms with Crippen LogP contribution in [0.4, 0.5) is 0 Å². The van der Waals surface area contributed by atoms with E-state index in [1.165, 1.54) is 12.2 Å². The van der Waals surface area contributed by atoms with Gasteiger partial charge in [-0.25, -0.2) is 14.4 Å². The molecule has 5 aliphatic heterocycles. The Bertz CT molecular complexity index is 1220. The van der Waals surface area contributed by atoms with Crippen LogP contribution in [0.15, 0.2) is 23.8 Å². The van der Waals surface area contributed by atoms with Gasteiger partial charge in [0.05, 0.1) is 24.4 Å². The smallest absolute Gasteiger partial charge is 0.338 e. The van der Waals surface area contributed by atoms with E-state index in [0.717, 1.165) is 0 Å². The fraction of sp³-hybridized carbons (Fsp3) is 0.759.